The summed E-state index contributed by atoms with van der Waals surface area (Å²) < 4.78 is 5.61. The summed E-state index contributed by atoms with van der Waals surface area (Å²) in [5, 5.41) is 11.2. The number of morpholine rings is 1. The van der Waals surface area contributed by atoms with E-state index in [-0.39, 0.29) is 18.4 Å². The van der Waals surface area contributed by atoms with Crippen molar-refractivity contribution in [2.24, 2.45) is 0 Å². The standard InChI is InChI=1S/C16H22N2O4/c1-12(16(20)21)17-15(19)9-14-11-18(7-8-22-14)10-13-5-3-2-4-6-13/h2-6,12,14H,7-11H2,1H3,(H,17,19)(H,20,21)/t12-,14?/m1/s1. The second-order valence-corrected chi connectivity index (χ2v) is 5.55. The zero-order valence-corrected chi connectivity index (χ0v) is 12.7. The molecule has 2 N–H and O–H groups in total. The van der Waals surface area contributed by atoms with E-state index in [4.69, 9.17) is 9.84 Å². The van der Waals surface area contributed by atoms with Gasteiger partial charge in [-0.15, -0.1) is 0 Å². The first-order chi connectivity index (χ1) is 10.5. The topological polar surface area (TPSA) is 78.9 Å². The van der Waals surface area contributed by atoms with E-state index < -0.39 is 12.0 Å². The average Bonchev–Trinajstić information content (AvgIpc) is 2.48. The Kier molecular flexibility index (Phi) is 5.91. The predicted octanol–water partition coefficient (Wildman–Crippen LogP) is 0.867. The van der Waals surface area contributed by atoms with Crippen LogP contribution >= 0.6 is 0 Å². The van der Waals surface area contributed by atoms with Gasteiger partial charge < -0.3 is 15.2 Å². The van der Waals surface area contributed by atoms with E-state index in [1.54, 1.807) is 0 Å². The molecule has 1 aromatic rings. The lowest BCUT2D eigenvalue weighted by atomic mass is 10.1. The summed E-state index contributed by atoms with van der Waals surface area (Å²) in [6.45, 7) is 4.36. The minimum atomic E-state index is -1.04. The molecule has 6 nitrogen and oxygen atoms in total. The lowest BCUT2D eigenvalue weighted by Gasteiger charge is -2.32. The van der Waals surface area contributed by atoms with Gasteiger partial charge in [0.15, 0.2) is 0 Å². The number of amides is 1. The summed E-state index contributed by atoms with van der Waals surface area (Å²) in [5.74, 6) is -1.33. The van der Waals surface area contributed by atoms with E-state index in [0.717, 1.165) is 13.1 Å². The maximum atomic E-state index is 11.8. The van der Waals surface area contributed by atoms with Crippen LogP contribution in [0.25, 0.3) is 0 Å². The normalized spacial score (nSPS) is 20.3. The summed E-state index contributed by atoms with van der Waals surface area (Å²) in [4.78, 5) is 24.8. The molecule has 1 aliphatic rings. The molecule has 6 heteroatoms. The van der Waals surface area contributed by atoms with E-state index in [1.807, 2.05) is 18.2 Å². The fraction of sp³-hybridized carbons (Fsp3) is 0.500. The van der Waals surface area contributed by atoms with Crippen LogP contribution in [0.4, 0.5) is 0 Å². The highest BCUT2D eigenvalue weighted by atomic mass is 16.5. The Balaban J connectivity index is 1.80. The van der Waals surface area contributed by atoms with E-state index in [0.29, 0.717) is 13.2 Å². The Bertz CT molecular complexity index is 506. The third-order valence-corrected chi connectivity index (χ3v) is 3.63. The summed E-state index contributed by atoms with van der Waals surface area (Å²) in [7, 11) is 0. The summed E-state index contributed by atoms with van der Waals surface area (Å²) in [5.41, 5.74) is 1.23. The van der Waals surface area contributed by atoms with E-state index in [9.17, 15) is 9.59 Å². The van der Waals surface area contributed by atoms with E-state index in [2.05, 4.69) is 22.3 Å². The molecular formula is C16H22N2O4. The van der Waals surface area contributed by atoms with Crippen molar-refractivity contribution in [1.82, 2.24) is 10.2 Å². The summed E-state index contributed by atoms with van der Waals surface area (Å²) in [6.07, 6.45) is -0.0124. The van der Waals surface area contributed by atoms with Crippen LogP contribution in [0.2, 0.25) is 0 Å². The van der Waals surface area contributed by atoms with Crippen molar-refractivity contribution in [2.75, 3.05) is 19.7 Å². The zero-order chi connectivity index (χ0) is 15.9. The van der Waals surface area contributed by atoms with Crippen LogP contribution in [-0.4, -0.2) is 53.7 Å². The minimum absolute atomic E-state index is 0.183. The van der Waals surface area contributed by atoms with Gasteiger partial charge in [-0.2, -0.15) is 0 Å². The Morgan fingerprint density at radius 2 is 2.14 bits per heavy atom. The average molecular weight is 306 g/mol. The Hall–Kier alpha value is -1.92. The van der Waals surface area contributed by atoms with Crippen LogP contribution in [-0.2, 0) is 20.9 Å². The predicted molar refractivity (Wildman–Crippen MR) is 81.3 cm³/mol. The number of nitrogens with one attached hydrogen (secondary N) is 1. The first kappa shape index (κ1) is 16.5. The van der Waals surface area contributed by atoms with E-state index >= 15 is 0 Å². The maximum Gasteiger partial charge on any atom is 0.325 e. The molecule has 1 aromatic carbocycles. The molecule has 1 heterocycles. The smallest absolute Gasteiger partial charge is 0.325 e. The number of carboxylic acid groups (broad SMARTS) is 1. The molecule has 1 saturated heterocycles. The van der Waals surface area contributed by atoms with Gasteiger partial charge in [-0.1, -0.05) is 30.3 Å². The van der Waals surface area contributed by atoms with Crippen molar-refractivity contribution in [1.29, 1.82) is 0 Å². The van der Waals surface area contributed by atoms with Gasteiger partial charge >= 0.3 is 5.97 Å². The first-order valence-electron chi connectivity index (χ1n) is 7.44. The maximum absolute atomic E-state index is 11.8. The first-order valence-corrected chi connectivity index (χ1v) is 7.44. The number of benzene rings is 1. The third-order valence-electron chi connectivity index (χ3n) is 3.63. The molecule has 22 heavy (non-hydrogen) atoms. The Morgan fingerprint density at radius 1 is 1.41 bits per heavy atom. The second kappa shape index (κ2) is 7.91. The molecule has 0 aromatic heterocycles. The Labute approximate surface area is 130 Å². The van der Waals surface area contributed by atoms with E-state index in [1.165, 1.54) is 12.5 Å². The van der Waals surface area contributed by atoms with Gasteiger partial charge in [0.2, 0.25) is 5.91 Å². The molecule has 1 unspecified atom stereocenters. The molecule has 120 valence electrons. The molecule has 1 amide bonds. The van der Waals surface area contributed by atoms with Crippen LogP contribution in [0.1, 0.15) is 18.9 Å². The molecule has 1 aliphatic heterocycles. The number of nitrogens with zero attached hydrogens (tertiary/aromatic N) is 1. The van der Waals surface area contributed by atoms with Gasteiger partial charge in [0, 0.05) is 19.6 Å². The van der Waals surface area contributed by atoms with Crippen molar-refractivity contribution >= 4 is 11.9 Å². The molecule has 1 fully saturated rings. The van der Waals surface area contributed by atoms with Gasteiger partial charge in [-0.3, -0.25) is 14.5 Å². The van der Waals surface area contributed by atoms with Crippen LogP contribution in [0.15, 0.2) is 30.3 Å². The van der Waals surface area contributed by atoms with Crippen LogP contribution in [0, 0.1) is 0 Å². The van der Waals surface area contributed by atoms with Gasteiger partial charge in [0.1, 0.15) is 6.04 Å². The SMILES string of the molecule is C[C@@H](NC(=O)CC1CN(Cc2ccccc2)CCO1)C(=O)O. The minimum Gasteiger partial charge on any atom is -0.480 e. The number of aliphatic carboxylic acids is 1. The van der Waals surface area contributed by atoms with Crippen molar-refractivity contribution in [3.8, 4) is 0 Å². The number of carboxylic acids is 1. The fourth-order valence-electron chi connectivity index (χ4n) is 2.46. The highest BCUT2D eigenvalue weighted by Crippen LogP contribution is 2.12. The van der Waals surface area contributed by atoms with Gasteiger partial charge in [-0.25, -0.2) is 0 Å². The molecule has 0 aliphatic carbocycles. The molecule has 2 rings (SSSR count). The number of hydrogen-bond donors (Lipinski definition) is 2. The van der Waals surface area contributed by atoms with Crippen LogP contribution in [0.5, 0.6) is 0 Å². The number of carbonyl (C=O) groups excluding carboxylic acids is 1. The van der Waals surface area contributed by atoms with Crippen molar-refractivity contribution < 1.29 is 19.4 Å². The number of rotatable bonds is 6. The summed E-state index contributed by atoms with van der Waals surface area (Å²) in [6, 6.07) is 9.27. The quantitative estimate of drug-likeness (QED) is 0.815. The summed E-state index contributed by atoms with van der Waals surface area (Å²) >= 11 is 0. The highest BCUT2D eigenvalue weighted by molar-refractivity contribution is 5.83. The van der Waals surface area contributed by atoms with Gasteiger partial charge in [-0.05, 0) is 12.5 Å². The molecule has 2 atom stereocenters. The van der Waals surface area contributed by atoms with Crippen LogP contribution < -0.4 is 5.32 Å². The monoisotopic (exact) mass is 306 g/mol. The lowest BCUT2D eigenvalue weighted by molar-refractivity contribution is -0.142. The highest BCUT2D eigenvalue weighted by Gasteiger charge is 2.24. The second-order valence-electron chi connectivity index (χ2n) is 5.55. The largest absolute Gasteiger partial charge is 0.480 e. The molecular weight excluding hydrogens is 284 g/mol. The molecule has 0 spiro atoms. The lowest BCUT2D eigenvalue weighted by Crippen LogP contribution is -2.46. The molecule has 0 radical (unpaired) electrons. The third kappa shape index (κ3) is 5.13. The number of ether oxygens (including phenoxy) is 1. The zero-order valence-electron chi connectivity index (χ0n) is 12.7. The van der Waals surface area contributed by atoms with Crippen molar-refractivity contribution in [3.63, 3.8) is 0 Å². The van der Waals surface area contributed by atoms with Crippen molar-refractivity contribution in [2.45, 2.75) is 32.0 Å². The number of hydrogen-bond acceptors (Lipinski definition) is 4. The van der Waals surface area contributed by atoms with Gasteiger partial charge in [0.25, 0.3) is 0 Å². The Morgan fingerprint density at radius 3 is 2.82 bits per heavy atom. The number of carbonyl (C=O) groups is 2. The molecule has 0 saturated carbocycles. The van der Waals surface area contributed by atoms with Gasteiger partial charge in [0.05, 0.1) is 19.1 Å². The van der Waals surface area contributed by atoms with Crippen molar-refractivity contribution in [3.05, 3.63) is 35.9 Å². The molecule has 0 bridgehead atoms. The van der Waals surface area contributed by atoms with Crippen LogP contribution in [0.3, 0.4) is 0 Å². The fourth-order valence-corrected chi connectivity index (χ4v) is 2.46.